The average molecular weight is 314 g/mol. The van der Waals surface area contributed by atoms with E-state index in [1.54, 1.807) is 7.11 Å². The molecule has 0 saturated heterocycles. The molecule has 0 bridgehead atoms. The lowest BCUT2D eigenvalue weighted by Gasteiger charge is -2.23. The molecular weight excluding hydrogens is 292 g/mol. The number of hydrogen-bond acceptors (Lipinski definition) is 4. The monoisotopic (exact) mass is 314 g/mol. The van der Waals surface area contributed by atoms with E-state index in [1.165, 1.54) is 0 Å². The number of hydrogen-bond donors (Lipinski definition) is 2. The number of ether oxygens (including phenoxy) is 1. The van der Waals surface area contributed by atoms with Gasteiger partial charge in [-0.05, 0) is 36.8 Å². The Kier molecular flexibility index (Phi) is 6.00. The van der Waals surface area contributed by atoms with Gasteiger partial charge in [0.05, 0.1) is 25.9 Å². The van der Waals surface area contributed by atoms with Crippen LogP contribution in [0.4, 0.5) is 11.4 Å². The molecule has 2 aromatic carbocycles. The van der Waals surface area contributed by atoms with E-state index in [2.05, 4.69) is 5.32 Å². The molecule has 23 heavy (non-hydrogen) atoms. The molecule has 122 valence electrons. The number of aliphatic hydroxyl groups excluding tert-OH is 1. The van der Waals surface area contributed by atoms with Gasteiger partial charge in [-0.15, -0.1) is 0 Å². The molecule has 1 amide bonds. The van der Waals surface area contributed by atoms with E-state index in [4.69, 9.17) is 4.74 Å². The van der Waals surface area contributed by atoms with Gasteiger partial charge in [0.1, 0.15) is 5.75 Å². The fourth-order valence-corrected chi connectivity index (χ4v) is 2.34. The summed E-state index contributed by atoms with van der Waals surface area (Å²) in [6.45, 7) is 2.48. The van der Waals surface area contributed by atoms with Crippen LogP contribution in [0.1, 0.15) is 5.56 Å². The Morgan fingerprint density at radius 2 is 1.96 bits per heavy atom. The number of amides is 1. The Morgan fingerprint density at radius 3 is 2.61 bits per heavy atom. The van der Waals surface area contributed by atoms with Gasteiger partial charge in [-0.25, -0.2) is 0 Å². The summed E-state index contributed by atoms with van der Waals surface area (Å²) in [7, 11) is 1.57. The number of carbonyl (C=O) groups excluding carboxylic acids is 1. The first kappa shape index (κ1) is 16.8. The van der Waals surface area contributed by atoms with Crippen LogP contribution in [0.2, 0.25) is 0 Å². The number of carbonyl (C=O) groups is 1. The predicted octanol–water partition coefficient (Wildman–Crippen LogP) is 2.44. The van der Waals surface area contributed by atoms with Crippen LogP contribution in [-0.2, 0) is 4.79 Å². The minimum atomic E-state index is -0.161. The van der Waals surface area contributed by atoms with Crippen LogP contribution in [0, 0.1) is 6.92 Å². The average Bonchev–Trinajstić information content (AvgIpc) is 2.55. The Bertz CT molecular complexity index is 644. The second-order valence-electron chi connectivity index (χ2n) is 5.23. The van der Waals surface area contributed by atoms with Gasteiger partial charge in [0.2, 0.25) is 5.91 Å². The number of anilines is 2. The fraction of sp³-hybridized carbons (Fsp3) is 0.278. The third kappa shape index (κ3) is 4.72. The van der Waals surface area contributed by atoms with Crippen molar-refractivity contribution in [1.29, 1.82) is 0 Å². The predicted molar refractivity (Wildman–Crippen MR) is 92.1 cm³/mol. The second-order valence-corrected chi connectivity index (χ2v) is 5.23. The maximum Gasteiger partial charge on any atom is 0.243 e. The molecule has 0 unspecified atom stereocenters. The molecule has 5 nitrogen and oxygen atoms in total. The SMILES string of the molecule is COc1ccc(C)cc1NC(=O)CN(CCO)c1ccccc1. The molecule has 0 aliphatic rings. The Hall–Kier alpha value is -2.53. The molecule has 0 aromatic heterocycles. The summed E-state index contributed by atoms with van der Waals surface area (Å²) in [5.74, 6) is 0.462. The van der Waals surface area contributed by atoms with E-state index in [-0.39, 0.29) is 19.1 Å². The van der Waals surface area contributed by atoms with E-state index < -0.39 is 0 Å². The minimum absolute atomic E-state index is 0.0179. The fourth-order valence-electron chi connectivity index (χ4n) is 2.34. The van der Waals surface area contributed by atoms with Crippen molar-refractivity contribution in [1.82, 2.24) is 0 Å². The molecular formula is C18H22N2O3. The van der Waals surface area contributed by atoms with Gasteiger partial charge in [0, 0.05) is 12.2 Å². The molecule has 0 atom stereocenters. The summed E-state index contributed by atoms with van der Waals surface area (Å²) in [4.78, 5) is 14.2. The maximum atomic E-state index is 12.4. The van der Waals surface area contributed by atoms with Crippen molar-refractivity contribution in [3.63, 3.8) is 0 Å². The largest absolute Gasteiger partial charge is 0.495 e. The van der Waals surface area contributed by atoms with Gasteiger partial charge in [0.15, 0.2) is 0 Å². The van der Waals surface area contributed by atoms with Crippen LogP contribution in [0.5, 0.6) is 5.75 Å². The Balaban J connectivity index is 2.09. The Morgan fingerprint density at radius 1 is 1.22 bits per heavy atom. The van der Waals surface area contributed by atoms with Crippen LogP contribution in [0.15, 0.2) is 48.5 Å². The zero-order chi connectivity index (χ0) is 16.7. The van der Waals surface area contributed by atoms with E-state index in [0.717, 1.165) is 11.3 Å². The minimum Gasteiger partial charge on any atom is -0.495 e. The Labute approximate surface area is 136 Å². The normalized spacial score (nSPS) is 10.2. The molecule has 0 aliphatic carbocycles. The third-order valence-corrected chi connectivity index (χ3v) is 3.45. The van der Waals surface area contributed by atoms with Crippen LogP contribution in [0.3, 0.4) is 0 Å². The van der Waals surface area contributed by atoms with Crippen molar-refractivity contribution < 1.29 is 14.6 Å². The third-order valence-electron chi connectivity index (χ3n) is 3.45. The molecule has 0 aliphatic heterocycles. The van der Waals surface area contributed by atoms with Gasteiger partial charge >= 0.3 is 0 Å². The summed E-state index contributed by atoms with van der Waals surface area (Å²) in [6, 6.07) is 15.2. The number of aryl methyl sites for hydroxylation is 1. The molecule has 0 heterocycles. The lowest BCUT2D eigenvalue weighted by atomic mass is 10.2. The van der Waals surface area contributed by atoms with Crippen molar-refractivity contribution in [3.8, 4) is 5.75 Å². The highest BCUT2D eigenvalue weighted by Crippen LogP contribution is 2.25. The molecule has 0 radical (unpaired) electrons. The summed E-state index contributed by atoms with van der Waals surface area (Å²) in [5.41, 5.74) is 2.58. The molecule has 0 spiro atoms. The first-order chi connectivity index (χ1) is 11.1. The number of rotatable bonds is 7. The summed E-state index contributed by atoms with van der Waals surface area (Å²) >= 11 is 0. The summed E-state index contributed by atoms with van der Waals surface area (Å²) in [6.07, 6.45) is 0. The molecule has 2 rings (SSSR count). The highest BCUT2D eigenvalue weighted by Gasteiger charge is 2.13. The highest BCUT2D eigenvalue weighted by molar-refractivity contribution is 5.95. The quantitative estimate of drug-likeness (QED) is 0.824. The van der Waals surface area contributed by atoms with Crippen molar-refractivity contribution in [2.75, 3.05) is 37.0 Å². The number of aliphatic hydroxyl groups is 1. The maximum absolute atomic E-state index is 12.4. The van der Waals surface area contributed by atoms with Gasteiger partial charge < -0.3 is 20.1 Å². The second kappa shape index (κ2) is 8.19. The van der Waals surface area contributed by atoms with Crippen molar-refractivity contribution in [2.24, 2.45) is 0 Å². The molecule has 2 aromatic rings. The number of para-hydroxylation sites is 1. The van der Waals surface area contributed by atoms with Gasteiger partial charge in [-0.1, -0.05) is 24.3 Å². The van der Waals surface area contributed by atoms with E-state index in [9.17, 15) is 9.90 Å². The molecule has 5 heteroatoms. The smallest absolute Gasteiger partial charge is 0.243 e. The van der Waals surface area contributed by atoms with Crippen LogP contribution in [0.25, 0.3) is 0 Å². The lowest BCUT2D eigenvalue weighted by Crippen LogP contribution is -2.35. The van der Waals surface area contributed by atoms with Crippen molar-refractivity contribution in [3.05, 3.63) is 54.1 Å². The topological polar surface area (TPSA) is 61.8 Å². The zero-order valence-electron chi connectivity index (χ0n) is 13.5. The molecule has 2 N–H and O–H groups in total. The van der Waals surface area contributed by atoms with E-state index >= 15 is 0 Å². The highest BCUT2D eigenvalue weighted by atomic mass is 16.5. The molecule has 0 saturated carbocycles. The van der Waals surface area contributed by atoms with Crippen LogP contribution in [-0.4, -0.2) is 37.8 Å². The van der Waals surface area contributed by atoms with Crippen molar-refractivity contribution >= 4 is 17.3 Å². The first-order valence-electron chi connectivity index (χ1n) is 7.49. The molecule has 0 fully saturated rings. The number of methoxy groups -OCH3 is 1. The van der Waals surface area contributed by atoms with Crippen LogP contribution >= 0.6 is 0 Å². The van der Waals surface area contributed by atoms with Crippen LogP contribution < -0.4 is 15.0 Å². The van der Waals surface area contributed by atoms with E-state index in [0.29, 0.717) is 18.0 Å². The van der Waals surface area contributed by atoms with Crippen molar-refractivity contribution in [2.45, 2.75) is 6.92 Å². The lowest BCUT2D eigenvalue weighted by molar-refractivity contribution is -0.115. The summed E-state index contributed by atoms with van der Waals surface area (Å²) < 4.78 is 5.27. The van der Waals surface area contributed by atoms with Gasteiger partial charge in [-0.3, -0.25) is 4.79 Å². The number of nitrogens with one attached hydrogen (secondary N) is 1. The summed E-state index contributed by atoms with van der Waals surface area (Å²) in [5, 5.41) is 12.1. The number of nitrogens with zero attached hydrogens (tertiary/aromatic N) is 1. The van der Waals surface area contributed by atoms with Gasteiger partial charge in [0.25, 0.3) is 0 Å². The van der Waals surface area contributed by atoms with E-state index in [1.807, 2.05) is 60.4 Å². The zero-order valence-corrected chi connectivity index (χ0v) is 13.5. The van der Waals surface area contributed by atoms with Gasteiger partial charge in [-0.2, -0.15) is 0 Å². The standard InChI is InChI=1S/C18H22N2O3/c1-14-8-9-17(23-2)16(12-14)19-18(22)13-20(10-11-21)15-6-4-3-5-7-15/h3-9,12,21H,10-11,13H2,1-2H3,(H,19,22). The first-order valence-corrected chi connectivity index (χ1v) is 7.49. The number of benzene rings is 2.